The molecule has 0 atom stereocenters. The summed E-state index contributed by atoms with van der Waals surface area (Å²) in [4.78, 5) is 24.1. The Bertz CT molecular complexity index is 693. The van der Waals surface area contributed by atoms with Crippen molar-refractivity contribution in [1.29, 1.82) is 0 Å². The van der Waals surface area contributed by atoms with E-state index in [4.69, 9.17) is 0 Å². The molecule has 0 aliphatic rings. The highest BCUT2D eigenvalue weighted by atomic mass is 16.2. The standard InChI is InChI=1S/C20H24N2O2/c1-3-5-10-19(23)21-17-13-11-16(12-14-17)20(24)22-18-9-7-6-8-15(18)4-2/h6-9,11-14H,3-5,10H2,1-2H3,(H,21,23)(H,22,24). The minimum Gasteiger partial charge on any atom is -0.326 e. The number of aryl methyl sites for hydroxylation is 1. The Morgan fingerprint density at radius 1 is 0.917 bits per heavy atom. The van der Waals surface area contributed by atoms with Crippen LogP contribution in [0.1, 0.15) is 49.0 Å². The first-order valence-corrected chi connectivity index (χ1v) is 8.43. The molecule has 2 N–H and O–H groups in total. The number of nitrogens with one attached hydrogen (secondary N) is 2. The first-order chi connectivity index (χ1) is 11.6. The molecule has 0 spiro atoms. The van der Waals surface area contributed by atoms with E-state index in [1.807, 2.05) is 24.3 Å². The number of hydrogen-bond donors (Lipinski definition) is 2. The van der Waals surface area contributed by atoms with Crippen molar-refractivity contribution in [2.45, 2.75) is 39.5 Å². The highest BCUT2D eigenvalue weighted by Gasteiger charge is 2.09. The SMILES string of the molecule is CCCCC(=O)Nc1ccc(C(=O)Nc2ccccc2CC)cc1. The molecule has 0 saturated carbocycles. The molecular weight excluding hydrogens is 300 g/mol. The Morgan fingerprint density at radius 3 is 2.29 bits per heavy atom. The third-order valence-electron chi connectivity index (χ3n) is 3.83. The second-order valence-electron chi connectivity index (χ2n) is 5.69. The van der Waals surface area contributed by atoms with E-state index >= 15 is 0 Å². The fraction of sp³-hybridized carbons (Fsp3) is 0.300. The van der Waals surface area contributed by atoms with E-state index in [9.17, 15) is 9.59 Å². The van der Waals surface area contributed by atoms with Crippen molar-refractivity contribution in [3.8, 4) is 0 Å². The number of benzene rings is 2. The van der Waals surface area contributed by atoms with Gasteiger partial charge in [0, 0.05) is 23.4 Å². The van der Waals surface area contributed by atoms with Crippen LogP contribution in [0.15, 0.2) is 48.5 Å². The molecular formula is C20H24N2O2. The Labute approximate surface area is 143 Å². The van der Waals surface area contributed by atoms with E-state index in [1.54, 1.807) is 24.3 Å². The fourth-order valence-electron chi connectivity index (χ4n) is 2.41. The second kappa shape index (κ2) is 8.87. The predicted molar refractivity (Wildman–Crippen MR) is 98.4 cm³/mol. The molecule has 2 aromatic rings. The number of unbranched alkanes of at least 4 members (excludes halogenated alkanes) is 1. The van der Waals surface area contributed by atoms with E-state index in [-0.39, 0.29) is 11.8 Å². The van der Waals surface area contributed by atoms with Crippen LogP contribution in [0.2, 0.25) is 0 Å². The third kappa shape index (κ3) is 4.95. The average Bonchev–Trinajstić information content (AvgIpc) is 2.61. The summed E-state index contributed by atoms with van der Waals surface area (Å²) in [5.41, 5.74) is 3.21. The summed E-state index contributed by atoms with van der Waals surface area (Å²) in [7, 11) is 0. The maximum Gasteiger partial charge on any atom is 0.255 e. The minimum atomic E-state index is -0.153. The number of para-hydroxylation sites is 1. The van der Waals surface area contributed by atoms with E-state index in [0.717, 1.165) is 30.5 Å². The van der Waals surface area contributed by atoms with Gasteiger partial charge in [-0.3, -0.25) is 9.59 Å². The van der Waals surface area contributed by atoms with Crippen molar-refractivity contribution >= 4 is 23.2 Å². The summed E-state index contributed by atoms with van der Waals surface area (Å²) in [5, 5.41) is 5.78. The molecule has 2 amide bonds. The topological polar surface area (TPSA) is 58.2 Å². The Hall–Kier alpha value is -2.62. The number of amides is 2. The Kier molecular flexibility index (Phi) is 6.55. The van der Waals surface area contributed by atoms with Crippen LogP contribution in [-0.2, 0) is 11.2 Å². The van der Waals surface area contributed by atoms with Crippen LogP contribution in [-0.4, -0.2) is 11.8 Å². The van der Waals surface area contributed by atoms with Gasteiger partial charge in [-0.2, -0.15) is 0 Å². The summed E-state index contributed by atoms with van der Waals surface area (Å²) in [6.07, 6.45) is 3.25. The maximum atomic E-state index is 12.4. The zero-order chi connectivity index (χ0) is 17.4. The normalized spacial score (nSPS) is 10.2. The van der Waals surface area contributed by atoms with Gasteiger partial charge < -0.3 is 10.6 Å². The largest absolute Gasteiger partial charge is 0.326 e. The van der Waals surface area contributed by atoms with Crippen LogP contribution in [0.25, 0.3) is 0 Å². The minimum absolute atomic E-state index is 0.00549. The lowest BCUT2D eigenvalue weighted by Crippen LogP contribution is -2.14. The molecule has 4 heteroatoms. The van der Waals surface area contributed by atoms with Gasteiger partial charge in [-0.05, 0) is 48.7 Å². The van der Waals surface area contributed by atoms with E-state index in [0.29, 0.717) is 17.7 Å². The first-order valence-electron chi connectivity index (χ1n) is 8.43. The molecule has 24 heavy (non-hydrogen) atoms. The van der Waals surface area contributed by atoms with E-state index in [1.165, 1.54) is 0 Å². The number of anilines is 2. The lowest BCUT2D eigenvalue weighted by Gasteiger charge is -2.10. The molecule has 0 bridgehead atoms. The van der Waals surface area contributed by atoms with Crippen LogP contribution in [0.4, 0.5) is 11.4 Å². The molecule has 0 unspecified atom stereocenters. The van der Waals surface area contributed by atoms with Gasteiger partial charge in [0.15, 0.2) is 0 Å². The highest BCUT2D eigenvalue weighted by molar-refractivity contribution is 6.05. The molecule has 0 saturated heterocycles. The summed E-state index contributed by atoms with van der Waals surface area (Å²) in [6.45, 7) is 4.11. The van der Waals surface area contributed by atoms with E-state index < -0.39 is 0 Å². The van der Waals surface area contributed by atoms with Gasteiger partial charge in [-0.15, -0.1) is 0 Å². The molecule has 0 aliphatic carbocycles. The fourth-order valence-corrected chi connectivity index (χ4v) is 2.41. The van der Waals surface area contributed by atoms with Crippen molar-refractivity contribution in [2.75, 3.05) is 10.6 Å². The molecule has 0 radical (unpaired) electrons. The van der Waals surface area contributed by atoms with Gasteiger partial charge in [-0.25, -0.2) is 0 Å². The predicted octanol–water partition coefficient (Wildman–Crippen LogP) is 4.63. The number of rotatable bonds is 7. The molecule has 0 aromatic heterocycles. The molecule has 4 nitrogen and oxygen atoms in total. The number of hydrogen-bond acceptors (Lipinski definition) is 2. The Balaban J connectivity index is 1.99. The number of carbonyl (C=O) groups excluding carboxylic acids is 2. The zero-order valence-corrected chi connectivity index (χ0v) is 14.3. The second-order valence-corrected chi connectivity index (χ2v) is 5.69. The first kappa shape index (κ1) is 17.7. The zero-order valence-electron chi connectivity index (χ0n) is 14.3. The van der Waals surface area contributed by atoms with Crippen LogP contribution < -0.4 is 10.6 Å². The average molecular weight is 324 g/mol. The third-order valence-corrected chi connectivity index (χ3v) is 3.83. The lowest BCUT2D eigenvalue weighted by molar-refractivity contribution is -0.116. The monoisotopic (exact) mass is 324 g/mol. The summed E-state index contributed by atoms with van der Waals surface area (Å²) in [6, 6.07) is 14.7. The van der Waals surface area contributed by atoms with Gasteiger partial charge in [0.05, 0.1) is 0 Å². The van der Waals surface area contributed by atoms with Crippen molar-refractivity contribution in [3.05, 3.63) is 59.7 Å². The smallest absolute Gasteiger partial charge is 0.255 e. The summed E-state index contributed by atoms with van der Waals surface area (Å²) >= 11 is 0. The van der Waals surface area contributed by atoms with Gasteiger partial charge in [0.2, 0.25) is 5.91 Å². The van der Waals surface area contributed by atoms with Gasteiger partial charge in [0.1, 0.15) is 0 Å². The maximum absolute atomic E-state index is 12.4. The quantitative estimate of drug-likeness (QED) is 0.780. The van der Waals surface area contributed by atoms with Crippen LogP contribution in [0.3, 0.4) is 0 Å². The van der Waals surface area contributed by atoms with Crippen molar-refractivity contribution in [2.24, 2.45) is 0 Å². The molecule has 0 heterocycles. The molecule has 126 valence electrons. The van der Waals surface area contributed by atoms with Crippen molar-refractivity contribution in [3.63, 3.8) is 0 Å². The summed E-state index contributed by atoms with van der Waals surface area (Å²) < 4.78 is 0. The van der Waals surface area contributed by atoms with Crippen molar-refractivity contribution < 1.29 is 9.59 Å². The molecule has 2 aromatic carbocycles. The van der Waals surface area contributed by atoms with Crippen molar-refractivity contribution in [1.82, 2.24) is 0 Å². The Morgan fingerprint density at radius 2 is 1.62 bits per heavy atom. The highest BCUT2D eigenvalue weighted by Crippen LogP contribution is 2.17. The molecule has 0 aliphatic heterocycles. The van der Waals surface area contributed by atoms with Gasteiger partial charge in [0.25, 0.3) is 5.91 Å². The number of carbonyl (C=O) groups is 2. The lowest BCUT2D eigenvalue weighted by atomic mass is 10.1. The van der Waals surface area contributed by atoms with Gasteiger partial charge in [-0.1, -0.05) is 38.5 Å². The molecule has 2 rings (SSSR count). The van der Waals surface area contributed by atoms with Crippen LogP contribution in [0.5, 0.6) is 0 Å². The summed E-state index contributed by atoms with van der Waals surface area (Å²) in [5.74, 6) is -0.148. The van der Waals surface area contributed by atoms with Gasteiger partial charge >= 0.3 is 0 Å². The molecule has 0 fully saturated rings. The van der Waals surface area contributed by atoms with Crippen LogP contribution in [0, 0.1) is 0 Å². The van der Waals surface area contributed by atoms with E-state index in [2.05, 4.69) is 24.5 Å². The van der Waals surface area contributed by atoms with Crippen LogP contribution >= 0.6 is 0 Å².